The Balaban J connectivity index is 1.23. The quantitative estimate of drug-likeness (QED) is 0.240. The Labute approximate surface area is 227 Å². The molecule has 1 atom stereocenters. The van der Waals surface area contributed by atoms with Crippen LogP contribution in [0.2, 0.25) is 0 Å². The van der Waals surface area contributed by atoms with Crippen molar-refractivity contribution in [1.82, 2.24) is 15.0 Å². The van der Waals surface area contributed by atoms with Crippen LogP contribution in [0.1, 0.15) is 24.6 Å². The molecule has 0 fully saturated rings. The minimum atomic E-state index is -0.209. The average molecular weight is 506 g/mol. The van der Waals surface area contributed by atoms with Crippen LogP contribution in [0, 0.1) is 6.92 Å². The third kappa shape index (κ3) is 4.24. The highest BCUT2D eigenvalue weighted by atomic mass is 16.3. The molecule has 1 unspecified atom stereocenters. The number of hydrogen-bond donors (Lipinski definition) is 0. The summed E-state index contributed by atoms with van der Waals surface area (Å²) in [6, 6.07) is 31.2. The van der Waals surface area contributed by atoms with Gasteiger partial charge < -0.3 is 4.42 Å². The number of aryl methyl sites for hydroxylation is 1. The first-order valence-electron chi connectivity index (χ1n) is 13.3. The molecular weight excluding hydrogens is 478 g/mol. The number of hydrogen-bond acceptors (Lipinski definition) is 4. The molecule has 1 aliphatic carbocycles. The zero-order chi connectivity index (χ0) is 26.4. The van der Waals surface area contributed by atoms with Gasteiger partial charge in [-0.1, -0.05) is 85.8 Å². The first-order valence-corrected chi connectivity index (χ1v) is 13.3. The number of benzene rings is 4. The van der Waals surface area contributed by atoms with Gasteiger partial charge in [-0.2, -0.15) is 0 Å². The van der Waals surface area contributed by atoms with E-state index in [9.17, 15) is 0 Å². The van der Waals surface area contributed by atoms with Crippen molar-refractivity contribution in [3.8, 4) is 33.8 Å². The third-order valence-corrected chi connectivity index (χ3v) is 7.53. The number of aromatic nitrogens is 3. The minimum Gasteiger partial charge on any atom is -0.436 e. The second-order valence-corrected chi connectivity index (χ2v) is 10.5. The summed E-state index contributed by atoms with van der Waals surface area (Å²) in [6.45, 7) is 4.30. The Bertz CT molecular complexity index is 1900. The Morgan fingerprint density at radius 1 is 0.667 bits per heavy atom. The predicted molar refractivity (Wildman–Crippen MR) is 158 cm³/mol. The highest BCUT2D eigenvalue weighted by Crippen LogP contribution is 2.38. The molecule has 0 spiro atoms. The van der Waals surface area contributed by atoms with Gasteiger partial charge in [-0.3, -0.25) is 0 Å². The predicted octanol–water partition coefficient (Wildman–Crippen LogP) is 8.85. The van der Waals surface area contributed by atoms with Gasteiger partial charge in [0.1, 0.15) is 5.52 Å². The molecule has 4 heteroatoms. The van der Waals surface area contributed by atoms with E-state index in [-0.39, 0.29) is 5.41 Å². The number of rotatable bonds is 4. The molecular formula is C35H27N3O. The van der Waals surface area contributed by atoms with Gasteiger partial charge in [0, 0.05) is 16.5 Å². The highest BCUT2D eigenvalue weighted by molar-refractivity contribution is 5.81. The number of nitrogens with zero attached hydrogens (tertiary/aromatic N) is 3. The van der Waals surface area contributed by atoms with E-state index >= 15 is 0 Å². The van der Waals surface area contributed by atoms with Gasteiger partial charge in [0.2, 0.25) is 5.89 Å². The summed E-state index contributed by atoms with van der Waals surface area (Å²) in [5.41, 5.74) is 10.7. The summed E-state index contributed by atoms with van der Waals surface area (Å²) in [5, 5.41) is 0. The standard InChI is InChI=1S/C35H27N3O/c1-23-10-19-31-30(22-23)38-34(39-31)27-17-13-25(14-18-27)24-11-15-26(16-12-24)32-33(35(2)20-6-3-7-21-35)37-29-9-5-4-8-28(29)36-32/h3-20,22H,21H2,1-2H3. The molecule has 188 valence electrons. The second-order valence-electron chi connectivity index (χ2n) is 10.5. The summed E-state index contributed by atoms with van der Waals surface area (Å²) >= 11 is 0. The van der Waals surface area contributed by atoms with Crippen LogP contribution in [0.5, 0.6) is 0 Å². The molecule has 4 nitrogen and oxygen atoms in total. The lowest BCUT2D eigenvalue weighted by Gasteiger charge is -2.28. The molecule has 2 aromatic heterocycles. The number of para-hydroxylation sites is 2. The zero-order valence-electron chi connectivity index (χ0n) is 21.9. The van der Waals surface area contributed by atoms with Crippen molar-refractivity contribution in [3.63, 3.8) is 0 Å². The van der Waals surface area contributed by atoms with Gasteiger partial charge in [-0.15, -0.1) is 0 Å². The van der Waals surface area contributed by atoms with Crippen molar-refractivity contribution in [1.29, 1.82) is 0 Å². The zero-order valence-corrected chi connectivity index (χ0v) is 21.9. The average Bonchev–Trinajstić information content (AvgIpc) is 3.40. The van der Waals surface area contributed by atoms with Crippen molar-refractivity contribution in [2.45, 2.75) is 25.7 Å². The molecule has 0 saturated heterocycles. The van der Waals surface area contributed by atoms with E-state index in [0.29, 0.717) is 5.89 Å². The Hall–Kier alpha value is -4.83. The summed E-state index contributed by atoms with van der Waals surface area (Å²) in [5.74, 6) is 0.639. The molecule has 0 N–H and O–H groups in total. The van der Waals surface area contributed by atoms with Crippen molar-refractivity contribution < 1.29 is 4.42 Å². The maximum absolute atomic E-state index is 5.99. The lowest BCUT2D eigenvalue weighted by molar-refractivity contribution is 0.581. The van der Waals surface area contributed by atoms with Crippen LogP contribution in [0.3, 0.4) is 0 Å². The van der Waals surface area contributed by atoms with Gasteiger partial charge in [0.05, 0.1) is 22.4 Å². The van der Waals surface area contributed by atoms with Gasteiger partial charge in [-0.25, -0.2) is 15.0 Å². The molecule has 2 heterocycles. The van der Waals surface area contributed by atoms with Crippen LogP contribution in [-0.4, -0.2) is 15.0 Å². The Morgan fingerprint density at radius 2 is 1.33 bits per heavy atom. The molecule has 0 radical (unpaired) electrons. The Morgan fingerprint density at radius 3 is 2.03 bits per heavy atom. The first-order chi connectivity index (χ1) is 19.1. The molecule has 39 heavy (non-hydrogen) atoms. The summed E-state index contributed by atoms with van der Waals surface area (Å²) in [6.07, 6.45) is 9.55. The number of fused-ring (bicyclic) bond motifs is 2. The van der Waals surface area contributed by atoms with Crippen LogP contribution >= 0.6 is 0 Å². The fourth-order valence-corrected chi connectivity index (χ4v) is 5.29. The molecule has 6 aromatic rings. The van der Waals surface area contributed by atoms with Crippen LogP contribution in [0.25, 0.3) is 56.0 Å². The lowest BCUT2D eigenvalue weighted by atomic mass is 9.78. The molecule has 1 aliphatic rings. The fraction of sp³-hybridized carbons (Fsp3) is 0.114. The van der Waals surface area contributed by atoms with Crippen molar-refractivity contribution >= 4 is 22.1 Å². The minimum absolute atomic E-state index is 0.209. The van der Waals surface area contributed by atoms with Gasteiger partial charge in [-0.05, 0) is 66.4 Å². The van der Waals surface area contributed by atoms with Crippen LogP contribution in [-0.2, 0) is 5.41 Å². The smallest absolute Gasteiger partial charge is 0.227 e. The van der Waals surface area contributed by atoms with Crippen molar-refractivity contribution in [3.05, 3.63) is 127 Å². The Kier molecular flexibility index (Phi) is 5.48. The van der Waals surface area contributed by atoms with E-state index in [1.807, 2.05) is 42.5 Å². The fourth-order valence-electron chi connectivity index (χ4n) is 5.29. The van der Waals surface area contributed by atoms with Crippen LogP contribution in [0.15, 0.2) is 120 Å². The van der Waals surface area contributed by atoms with Crippen LogP contribution in [0.4, 0.5) is 0 Å². The summed E-state index contributed by atoms with van der Waals surface area (Å²) in [7, 11) is 0. The summed E-state index contributed by atoms with van der Waals surface area (Å²) < 4.78 is 5.99. The number of allylic oxidation sites excluding steroid dienone is 4. The van der Waals surface area contributed by atoms with Crippen LogP contribution < -0.4 is 0 Å². The molecule has 0 bridgehead atoms. The summed E-state index contributed by atoms with van der Waals surface area (Å²) in [4.78, 5) is 14.9. The SMILES string of the molecule is Cc1ccc2oc(-c3ccc(-c4ccc(-c5nc6ccccc6nc5C5(C)C=CC=CC5)cc4)cc3)nc2c1. The molecule has 0 aliphatic heterocycles. The molecule has 4 aromatic carbocycles. The van der Waals surface area contributed by atoms with Gasteiger partial charge >= 0.3 is 0 Å². The number of oxazole rings is 1. The molecule has 0 saturated carbocycles. The third-order valence-electron chi connectivity index (χ3n) is 7.53. The topological polar surface area (TPSA) is 51.8 Å². The highest BCUT2D eigenvalue weighted by Gasteiger charge is 2.30. The van der Waals surface area contributed by atoms with Crippen molar-refractivity contribution in [2.24, 2.45) is 0 Å². The van der Waals surface area contributed by atoms with E-state index in [1.54, 1.807) is 0 Å². The lowest BCUT2D eigenvalue weighted by Crippen LogP contribution is -2.23. The largest absolute Gasteiger partial charge is 0.436 e. The normalized spacial score (nSPS) is 16.8. The van der Waals surface area contributed by atoms with E-state index < -0.39 is 0 Å². The van der Waals surface area contributed by atoms with E-state index in [2.05, 4.69) is 91.7 Å². The van der Waals surface area contributed by atoms with E-state index in [1.165, 1.54) is 5.56 Å². The first kappa shape index (κ1) is 23.3. The monoisotopic (exact) mass is 505 g/mol. The molecule has 0 amide bonds. The maximum Gasteiger partial charge on any atom is 0.227 e. The van der Waals surface area contributed by atoms with E-state index in [4.69, 9.17) is 14.4 Å². The van der Waals surface area contributed by atoms with Gasteiger partial charge in [0.25, 0.3) is 0 Å². The van der Waals surface area contributed by atoms with Crippen molar-refractivity contribution in [2.75, 3.05) is 0 Å². The maximum atomic E-state index is 5.99. The second kappa shape index (κ2) is 9.17. The van der Waals surface area contributed by atoms with Gasteiger partial charge in [0.15, 0.2) is 5.58 Å². The molecule has 7 rings (SSSR count). The van der Waals surface area contributed by atoms with E-state index in [0.717, 1.165) is 62.2 Å².